The summed E-state index contributed by atoms with van der Waals surface area (Å²) in [5.41, 5.74) is 0. The zero-order valence-corrected chi connectivity index (χ0v) is 11.3. The molecule has 4 nitrogen and oxygen atoms in total. The first-order valence-electron chi connectivity index (χ1n) is 6.78. The highest BCUT2D eigenvalue weighted by molar-refractivity contribution is 5.82. The second kappa shape index (κ2) is 5.36. The van der Waals surface area contributed by atoms with Gasteiger partial charge in [-0.3, -0.25) is 4.79 Å². The highest BCUT2D eigenvalue weighted by Crippen LogP contribution is 2.19. The number of nitrogens with zero attached hydrogens (tertiary/aromatic N) is 2. The van der Waals surface area contributed by atoms with Gasteiger partial charge in [-0.2, -0.15) is 0 Å². The number of nitrogens with one attached hydrogen (secondary N) is 1. The summed E-state index contributed by atoms with van der Waals surface area (Å²) >= 11 is 0. The second-order valence-electron chi connectivity index (χ2n) is 5.69. The van der Waals surface area contributed by atoms with Crippen LogP contribution in [0.15, 0.2) is 0 Å². The van der Waals surface area contributed by atoms with Crippen molar-refractivity contribution in [3.63, 3.8) is 0 Å². The van der Waals surface area contributed by atoms with Gasteiger partial charge in [0.2, 0.25) is 5.91 Å². The van der Waals surface area contributed by atoms with E-state index in [9.17, 15) is 4.79 Å². The predicted octanol–water partition coefficient (Wildman–Crippen LogP) is 0.537. The number of rotatable bonds is 3. The molecule has 0 bridgehead atoms. The Labute approximate surface area is 104 Å². The standard InChI is InChI=1S/C13H25N3O/c1-10-6-7-14-12(10)13(17)16(3)9-11-5-4-8-15(11)2/h10-12,14H,4-9H2,1-3H3. The van der Waals surface area contributed by atoms with E-state index >= 15 is 0 Å². The normalized spacial score (nSPS) is 34.2. The van der Waals surface area contributed by atoms with Gasteiger partial charge in [0.15, 0.2) is 0 Å². The molecule has 2 rings (SSSR count). The Kier molecular flexibility index (Phi) is 4.05. The molecule has 3 unspecified atom stereocenters. The summed E-state index contributed by atoms with van der Waals surface area (Å²) in [7, 11) is 4.10. The van der Waals surface area contributed by atoms with Crippen LogP contribution in [0.2, 0.25) is 0 Å². The second-order valence-corrected chi connectivity index (χ2v) is 5.69. The monoisotopic (exact) mass is 239 g/mol. The van der Waals surface area contributed by atoms with Crippen molar-refractivity contribution >= 4 is 5.91 Å². The van der Waals surface area contributed by atoms with Crippen LogP contribution in [0.3, 0.4) is 0 Å². The maximum Gasteiger partial charge on any atom is 0.239 e. The average Bonchev–Trinajstić information content (AvgIpc) is 2.88. The molecule has 2 fully saturated rings. The van der Waals surface area contributed by atoms with Crippen LogP contribution in [0.1, 0.15) is 26.2 Å². The number of likely N-dealkylation sites (tertiary alicyclic amines) is 1. The van der Waals surface area contributed by atoms with E-state index < -0.39 is 0 Å². The Morgan fingerprint density at radius 2 is 2.24 bits per heavy atom. The van der Waals surface area contributed by atoms with Gasteiger partial charge in [0, 0.05) is 19.6 Å². The number of amides is 1. The van der Waals surface area contributed by atoms with E-state index in [1.807, 2.05) is 11.9 Å². The van der Waals surface area contributed by atoms with Crippen LogP contribution in [-0.2, 0) is 4.79 Å². The van der Waals surface area contributed by atoms with Crippen molar-refractivity contribution in [2.45, 2.75) is 38.3 Å². The largest absolute Gasteiger partial charge is 0.343 e. The minimum absolute atomic E-state index is 0.0479. The minimum atomic E-state index is 0.0479. The topological polar surface area (TPSA) is 35.6 Å². The maximum atomic E-state index is 12.3. The van der Waals surface area contributed by atoms with E-state index in [1.165, 1.54) is 19.4 Å². The molecule has 4 heteroatoms. The number of hydrogen-bond donors (Lipinski definition) is 1. The smallest absolute Gasteiger partial charge is 0.239 e. The molecule has 3 atom stereocenters. The van der Waals surface area contributed by atoms with Gasteiger partial charge >= 0.3 is 0 Å². The molecule has 2 heterocycles. The molecule has 0 radical (unpaired) electrons. The molecule has 17 heavy (non-hydrogen) atoms. The maximum absolute atomic E-state index is 12.3. The van der Waals surface area contributed by atoms with Gasteiger partial charge in [-0.1, -0.05) is 6.92 Å². The molecule has 0 aromatic carbocycles. The zero-order valence-electron chi connectivity index (χ0n) is 11.3. The molecule has 1 N–H and O–H groups in total. The fourth-order valence-electron chi connectivity index (χ4n) is 3.02. The lowest BCUT2D eigenvalue weighted by Gasteiger charge is -2.28. The third-order valence-corrected chi connectivity index (χ3v) is 4.33. The van der Waals surface area contributed by atoms with Crippen LogP contribution in [0.25, 0.3) is 0 Å². The summed E-state index contributed by atoms with van der Waals surface area (Å²) in [4.78, 5) is 16.6. The Bertz CT molecular complexity index is 282. The molecule has 98 valence electrons. The first-order chi connectivity index (χ1) is 8.09. The molecule has 2 aliphatic rings. The van der Waals surface area contributed by atoms with E-state index in [1.54, 1.807) is 0 Å². The van der Waals surface area contributed by atoms with Crippen LogP contribution < -0.4 is 5.32 Å². The van der Waals surface area contributed by atoms with E-state index in [4.69, 9.17) is 0 Å². The molecule has 2 aliphatic heterocycles. The van der Waals surface area contributed by atoms with Crippen molar-refractivity contribution in [1.29, 1.82) is 0 Å². The average molecular weight is 239 g/mol. The van der Waals surface area contributed by atoms with Gasteiger partial charge < -0.3 is 15.1 Å². The molecular formula is C13H25N3O. The lowest BCUT2D eigenvalue weighted by atomic mass is 10.0. The summed E-state index contributed by atoms with van der Waals surface area (Å²) in [5, 5.41) is 3.32. The predicted molar refractivity (Wildman–Crippen MR) is 68.9 cm³/mol. The van der Waals surface area contributed by atoms with Crippen LogP contribution in [0.4, 0.5) is 0 Å². The Morgan fingerprint density at radius 1 is 1.47 bits per heavy atom. The summed E-state index contributed by atoms with van der Waals surface area (Å²) in [6.07, 6.45) is 3.61. The van der Waals surface area contributed by atoms with Gasteiger partial charge in [-0.05, 0) is 45.3 Å². The highest BCUT2D eigenvalue weighted by atomic mass is 16.2. The summed E-state index contributed by atoms with van der Waals surface area (Å²) in [6, 6.07) is 0.604. The van der Waals surface area contributed by atoms with Crippen molar-refractivity contribution in [2.75, 3.05) is 33.7 Å². The summed E-state index contributed by atoms with van der Waals surface area (Å²) in [5.74, 6) is 0.751. The van der Waals surface area contributed by atoms with Gasteiger partial charge in [-0.15, -0.1) is 0 Å². The van der Waals surface area contributed by atoms with Gasteiger partial charge in [0.05, 0.1) is 6.04 Å². The molecule has 0 spiro atoms. The highest BCUT2D eigenvalue weighted by Gasteiger charge is 2.32. The molecular weight excluding hydrogens is 214 g/mol. The van der Waals surface area contributed by atoms with Gasteiger partial charge in [0.1, 0.15) is 0 Å². The Balaban J connectivity index is 1.86. The lowest BCUT2D eigenvalue weighted by molar-refractivity contribution is -0.133. The zero-order chi connectivity index (χ0) is 12.4. The third kappa shape index (κ3) is 2.80. The first kappa shape index (κ1) is 12.8. The molecule has 1 amide bonds. The SMILES string of the molecule is CC1CCNC1C(=O)N(C)CC1CCCN1C. The Morgan fingerprint density at radius 3 is 2.76 bits per heavy atom. The van der Waals surface area contributed by atoms with Gasteiger partial charge in [0.25, 0.3) is 0 Å². The van der Waals surface area contributed by atoms with Crippen LogP contribution in [0, 0.1) is 5.92 Å². The molecule has 0 aromatic rings. The lowest BCUT2D eigenvalue weighted by Crippen LogP contribution is -2.48. The number of carbonyl (C=O) groups excluding carboxylic acids is 1. The quantitative estimate of drug-likeness (QED) is 0.781. The number of carbonyl (C=O) groups is 1. The van der Waals surface area contributed by atoms with Crippen molar-refractivity contribution in [3.05, 3.63) is 0 Å². The number of hydrogen-bond acceptors (Lipinski definition) is 3. The molecule has 0 saturated carbocycles. The van der Waals surface area contributed by atoms with E-state index in [0.29, 0.717) is 12.0 Å². The molecule has 0 aliphatic carbocycles. The van der Waals surface area contributed by atoms with Crippen molar-refractivity contribution in [1.82, 2.24) is 15.1 Å². The third-order valence-electron chi connectivity index (χ3n) is 4.33. The van der Waals surface area contributed by atoms with E-state index in [-0.39, 0.29) is 11.9 Å². The fourth-order valence-corrected chi connectivity index (χ4v) is 3.02. The van der Waals surface area contributed by atoms with Crippen molar-refractivity contribution < 1.29 is 4.79 Å². The molecule has 0 aromatic heterocycles. The fraction of sp³-hybridized carbons (Fsp3) is 0.923. The summed E-state index contributed by atoms with van der Waals surface area (Å²) < 4.78 is 0. The van der Waals surface area contributed by atoms with E-state index in [2.05, 4.69) is 24.2 Å². The first-order valence-corrected chi connectivity index (χ1v) is 6.78. The summed E-state index contributed by atoms with van der Waals surface area (Å²) in [6.45, 7) is 5.19. The van der Waals surface area contributed by atoms with Crippen molar-refractivity contribution in [3.8, 4) is 0 Å². The minimum Gasteiger partial charge on any atom is -0.343 e. The van der Waals surface area contributed by atoms with Crippen LogP contribution in [0.5, 0.6) is 0 Å². The van der Waals surface area contributed by atoms with Crippen LogP contribution in [-0.4, -0.2) is 61.5 Å². The Hall–Kier alpha value is -0.610. The number of likely N-dealkylation sites (N-methyl/N-ethyl adjacent to an activating group) is 2. The van der Waals surface area contributed by atoms with Crippen LogP contribution >= 0.6 is 0 Å². The van der Waals surface area contributed by atoms with E-state index in [0.717, 1.165) is 19.5 Å². The van der Waals surface area contributed by atoms with Crippen molar-refractivity contribution in [2.24, 2.45) is 5.92 Å². The molecule has 2 saturated heterocycles. The van der Waals surface area contributed by atoms with Gasteiger partial charge in [-0.25, -0.2) is 0 Å².